The van der Waals surface area contributed by atoms with Gasteiger partial charge in [-0.2, -0.15) is 0 Å². The number of nitrogens with one attached hydrogen (secondary N) is 1. The molecule has 1 atom stereocenters. The first-order valence-corrected chi connectivity index (χ1v) is 11.0. The smallest absolute Gasteiger partial charge is 0.000671 e. The van der Waals surface area contributed by atoms with Crippen molar-refractivity contribution in [3.63, 3.8) is 0 Å². The van der Waals surface area contributed by atoms with Crippen LogP contribution in [0.2, 0.25) is 0 Å². The lowest BCUT2D eigenvalue weighted by molar-refractivity contribution is 0.252. The van der Waals surface area contributed by atoms with Crippen molar-refractivity contribution in [2.45, 2.75) is 64.2 Å². The first kappa shape index (κ1) is 25.8. The molecule has 0 aromatic carbocycles. The third-order valence-corrected chi connectivity index (χ3v) is 5.03. The summed E-state index contributed by atoms with van der Waals surface area (Å²) in [4.78, 5) is 2.54. The van der Waals surface area contributed by atoms with Crippen LogP contribution in [0.1, 0.15) is 64.2 Å². The van der Waals surface area contributed by atoms with Gasteiger partial charge in [-0.3, -0.25) is 0 Å². The van der Waals surface area contributed by atoms with Gasteiger partial charge in [-0.25, -0.2) is 0 Å². The van der Waals surface area contributed by atoms with Crippen molar-refractivity contribution in [3.05, 3.63) is 0 Å². The summed E-state index contributed by atoms with van der Waals surface area (Å²) in [5.41, 5.74) is 22.6. The topological polar surface area (TPSA) is 119 Å². The Kier molecular flexibility index (Phi) is 20.9. The molecule has 0 aliphatic heterocycles. The predicted octanol–water partition coefficient (Wildman–Crippen LogP) is 1.23. The molecule has 0 bridgehead atoms. The average molecular weight is 373 g/mol. The zero-order chi connectivity index (χ0) is 19.3. The summed E-state index contributed by atoms with van der Waals surface area (Å²) < 4.78 is 0. The summed E-state index contributed by atoms with van der Waals surface area (Å²) in [6.45, 7) is 8.72. The van der Waals surface area contributed by atoms with Crippen LogP contribution >= 0.6 is 0 Å². The van der Waals surface area contributed by atoms with Crippen LogP contribution in [0.25, 0.3) is 0 Å². The molecule has 0 radical (unpaired) electrons. The molecule has 0 aliphatic rings. The normalized spacial score (nSPS) is 12.8. The Balaban J connectivity index is 3.97. The molecule has 0 aromatic rings. The van der Waals surface area contributed by atoms with E-state index < -0.39 is 0 Å². The SMILES string of the molecule is NCCCNCCCCC(CCCN)CCCN(CCCN)CCCN. The van der Waals surface area contributed by atoms with E-state index in [1.165, 1.54) is 45.1 Å². The van der Waals surface area contributed by atoms with E-state index in [0.29, 0.717) is 0 Å². The fraction of sp³-hybridized carbons (Fsp3) is 1.00. The first-order chi connectivity index (χ1) is 12.8. The lowest BCUT2D eigenvalue weighted by atomic mass is 9.92. The second-order valence-corrected chi connectivity index (χ2v) is 7.45. The second-order valence-electron chi connectivity index (χ2n) is 7.45. The Morgan fingerprint density at radius 2 is 1.04 bits per heavy atom. The van der Waals surface area contributed by atoms with Crippen LogP contribution in [0.15, 0.2) is 0 Å². The van der Waals surface area contributed by atoms with Crippen molar-refractivity contribution in [1.29, 1.82) is 0 Å². The van der Waals surface area contributed by atoms with Crippen LogP contribution in [0.4, 0.5) is 0 Å². The molecule has 0 aromatic heterocycles. The summed E-state index contributed by atoms with van der Waals surface area (Å²) in [5.74, 6) is 0.827. The van der Waals surface area contributed by atoms with Crippen LogP contribution in [-0.2, 0) is 0 Å². The lowest BCUT2D eigenvalue weighted by Crippen LogP contribution is -2.30. The van der Waals surface area contributed by atoms with E-state index >= 15 is 0 Å². The summed E-state index contributed by atoms with van der Waals surface area (Å²) in [6, 6.07) is 0. The summed E-state index contributed by atoms with van der Waals surface area (Å²) in [6.07, 6.45) is 12.2. The quantitative estimate of drug-likeness (QED) is 0.193. The van der Waals surface area contributed by atoms with Gasteiger partial charge in [0.1, 0.15) is 0 Å². The van der Waals surface area contributed by atoms with Crippen molar-refractivity contribution in [2.24, 2.45) is 28.9 Å². The molecule has 158 valence electrons. The van der Waals surface area contributed by atoms with Gasteiger partial charge in [-0.15, -0.1) is 0 Å². The van der Waals surface area contributed by atoms with Crippen molar-refractivity contribution in [1.82, 2.24) is 10.2 Å². The first-order valence-electron chi connectivity index (χ1n) is 11.0. The van der Waals surface area contributed by atoms with Gasteiger partial charge < -0.3 is 33.2 Å². The Bertz CT molecular complexity index is 257. The molecule has 1 unspecified atom stereocenters. The molecule has 26 heavy (non-hydrogen) atoms. The Morgan fingerprint density at radius 3 is 1.65 bits per heavy atom. The van der Waals surface area contributed by atoms with Crippen molar-refractivity contribution in [3.8, 4) is 0 Å². The molecule has 0 spiro atoms. The van der Waals surface area contributed by atoms with E-state index in [0.717, 1.165) is 84.0 Å². The Hall–Kier alpha value is -0.240. The maximum absolute atomic E-state index is 5.73. The van der Waals surface area contributed by atoms with Gasteiger partial charge in [0.05, 0.1) is 0 Å². The van der Waals surface area contributed by atoms with Crippen molar-refractivity contribution >= 4 is 0 Å². The van der Waals surface area contributed by atoms with Crippen LogP contribution in [0.3, 0.4) is 0 Å². The standard InChI is InChI=1S/C20H48N6/c21-11-3-9-20(8-1-2-15-25-16-5-12-22)10-4-17-26(18-6-13-23)19-7-14-24/h20,25H,1-19,21-24H2. The van der Waals surface area contributed by atoms with Gasteiger partial charge >= 0.3 is 0 Å². The van der Waals surface area contributed by atoms with E-state index in [4.69, 9.17) is 22.9 Å². The third-order valence-electron chi connectivity index (χ3n) is 5.03. The molecule has 0 saturated carbocycles. The van der Waals surface area contributed by atoms with Gasteiger partial charge in [0.25, 0.3) is 0 Å². The lowest BCUT2D eigenvalue weighted by Gasteiger charge is -2.23. The zero-order valence-electron chi connectivity index (χ0n) is 17.3. The zero-order valence-corrected chi connectivity index (χ0v) is 17.3. The highest BCUT2D eigenvalue weighted by atomic mass is 15.1. The minimum absolute atomic E-state index is 0.775. The molecular formula is C20H48N6. The number of nitrogens with two attached hydrogens (primary N) is 4. The molecule has 6 nitrogen and oxygen atoms in total. The maximum Gasteiger partial charge on any atom is -0.000671 e. The maximum atomic E-state index is 5.73. The summed E-state index contributed by atoms with van der Waals surface area (Å²) in [5, 5.41) is 3.47. The number of hydrogen-bond acceptors (Lipinski definition) is 6. The monoisotopic (exact) mass is 372 g/mol. The Morgan fingerprint density at radius 1 is 0.538 bits per heavy atom. The van der Waals surface area contributed by atoms with Gasteiger partial charge in [-0.05, 0) is 116 Å². The highest BCUT2D eigenvalue weighted by Gasteiger charge is 2.10. The minimum Gasteiger partial charge on any atom is -0.330 e. The number of rotatable bonds is 21. The van der Waals surface area contributed by atoms with Gasteiger partial charge in [-0.1, -0.05) is 12.8 Å². The van der Waals surface area contributed by atoms with E-state index in [2.05, 4.69) is 10.2 Å². The van der Waals surface area contributed by atoms with Crippen molar-refractivity contribution < 1.29 is 0 Å². The highest BCUT2D eigenvalue weighted by Crippen LogP contribution is 2.20. The van der Waals surface area contributed by atoms with E-state index in [9.17, 15) is 0 Å². The van der Waals surface area contributed by atoms with Crippen LogP contribution < -0.4 is 28.3 Å². The molecule has 0 fully saturated rings. The minimum atomic E-state index is 0.775. The fourth-order valence-corrected chi connectivity index (χ4v) is 3.44. The number of hydrogen-bond donors (Lipinski definition) is 5. The van der Waals surface area contributed by atoms with Gasteiger partial charge in [0, 0.05) is 0 Å². The molecule has 9 N–H and O–H groups in total. The third kappa shape index (κ3) is 17.2. The molecule has 6 heteroatoms. The molecule has 0 rings (SSSR count). The Labute approximate surface area is 162 Å². The molecule has 0 aliphatic carbocycles. The van der Waals surface area contributed by atoms with Crippen molar-refractivity contribution in [2.75, 3.05) is 58.9 Å². The fourth-order valence-electron chi connectivity index (χ4n) is 3.44. The van der Waals surface area contributed by atoms with Crippen LogP contribution in [-0.4, -0.2) is 63.8 Å². The van der Waals surface area contributed by atoms with Crippen LogP contribution in [0, 0.1) is 5.92 Å². The van der Waals surface area contributed by atoms with E-state index in [-0.39, 0.29) is 0 Å². The highest BCUT2D eigenvalue weighted by molar-refractivity contribution is 4.65. The number of unbranched alkanes of at least 4 members (excludes halogenated alkanes) is 1. The molecule has 0 heterocycles. The van der Waals surface area contributed by atoms with E-state index in [1.54, 1.807) is 0 Å². The summed E-state index contributed by atoms with van der Waals surface area (Å²) >= 11 is 0. The largest absolute Gasteiger partial charge is 0.330 e. The molecule has 0 saturated heterocycles. The van der Waals surface area contributed by atoms with Gasteiger partial charge in [0.15, 0.2) is 0 Å². The average Bonchev–Trinajstić information content (AvgIpc) is 2.66. The van der Waals surface area contributed by atoms with Gasteiger partial charge in [0.2, 0.25) is 0 Å². The van der Waals surface area contributed by atoms with Crippen LogP contribution in [0.5, 0.6) is 0 Å². The number of nitrogens with zero attached hydrogens (tertiary/aromatic N) is 1. The second kappa shape index (κ2) is 21.1. The molecule has 0 amide bonds. The summed E-state index contributed by atoms with van der Waals surface area (Å²) in [7, 11) is 0. The molecular weight excluding hydrogens is 324 g/mol. The van der Waals surface area contributed by atoms with E-state index in [1.807, 2.05) is 0 Å². The predicted molar refractivity (Wildman–Crippen MR) is 115 cm³/mol.